The summed E-state index contributed by atoms with van der Waals surface area (Å²) in [4.78, 5) is 8.82. The molecule has 0 fully saturated rings. The Morgan fingerprint density at radius 3 is 2.53 bits per heavy atom. The SMILES string of the molecule is CC(C)NC(c1ccccn1)c1nccn1C. The van der Waals surface area contributed by atoms with Crippen LogP contribution in [0.5, 0.6) is 0 Å². The fourth-order valence-corrected chi connectivity index (χ4v) is 1.83. The van der Waals surface area contributed by atoms with Crippen molar-refractivity contribution in [3.63, 3.8) is 0 Å². The van der Waals surface area contributed by atoms with Crippen molar-refractivity contribution >= 4 is 0 Å². The van der Waals surface area contributed by atoms with Gasteiger partial charge in [-0.3, -0.25) is 4.98 Å². The molecule has 0 aliphatic rings. The smallest absolute Gasteiger partial charge is 0.131 e. The Balaban J connectivity index is 2.36. The molecule has 0 bridgehead atoms. The summed E-state index contributed by atoms with van der Waals surface area (Å²) in [6, 6.07) is 6.36. The Morgan fingerprint density at radius 2 is 2.00 bits per heavy atom. The summed E-state index contributed by atoms with van der Waals surface area (Å²) in [5.74, 6) is 0.984. The molecule has 0 radical (unpaired) electrons. The Hall–Kier alpha value is -1.68. The predicted molar refractivity (Wildman–Crippen MR) is 67.6 cm³/mol. The third-order valence-electron chi connectivity index (χ3n) is 2.60. The van der Waals surface area contributed by atoms with E-state index in [9.17, 15) is 0 Å². The van der Waals surface area contributed by atoms with Crippen LogP contribution in [-0.4, -0.2) is 20.6 Å². The maximum absolute atomic E-state index is 4.41. The van der Waals surface area contributed by atoms with Gasteiger partial charge in [-0.05, 0) is 26.0 Å². The van der Waals surface area contributed by atoms with Gasteiger partial charge in [0.1, 0.15) is 11.9 Å². The molecule has 0 aromatic carbocycles. The second-order valence-corrected chi connectivity index (χ2v) is 4.41. The highest BCUT2D eigenvalue weighted by Crippen LogP contribution is 2.18. The topological polar surface area (TPSA) is 42.7 Å². The van der Waals surface area contributed by atoms with Gasteiger partial charge in [-0.1, -0.05) is 6.07 Å². The van der Waals surface area contributed by atoms with Crippen molar-refractivity contribution in [3.05, 3.63) is 48.3 Å². The maximum atomic E-state index is 4.41. The zero-order valence-corrected chi connectivity index (χ0v) is 10.5. The van der Waals surface area contributed by atoms with Crippen LogP contribution in [-0.2, 0) is 7.05 Å². The first-order valence-electron chi connectivity index (χ1n) is 5.82. The maximum Gasteiger partial charge on any atom is 0.131 e. The minimum Gasteiger partial charge on any atom is -0.336 e. The molecular formula is C13H18N4. The molecule has 2 aromatic rings. The van der Waals surface area contributed by atoms with Crippen LogP contribution >= 0.6 is 0 Å². The van der Waals surface area contributed by atoms with Gasteiger partial charge in [-0.15, -0.1) is 0 Å². The van der Waals surface area contributed by atoms with E-state index in [1.54, 1.807) is 0 Å². The molecule has 0 spiro atoms. The molecule has 4 heteroatoms. The van der Waals surface area contributed by atoms with Gasteiger partial charge in [-0.25, -0.2) is 4.98 Å². The van der Waals surface area contributed by atoms with Crippen LogP contribution in [0.2, 0.25) is 0 Å². The lowest BCUT2D eigenvalue weighted by molar-refractivity contribution is 0.491. The van der Waals surface area contributed by atoms with Gasteiger partial charge in [-0.2, -0.15) is 0 Å². The average molecular weight is 230 g/mol. The lowest BCUT2D eigenvalue weighted by Gasteiger charge is -2.20. The van der Waals surface area contributed by atoms with E-state index in [1.165, 1.54) is 0 Å². The Labute approximate surface area is 102 Å². The second kappa shape index (κ2) is 5.10. The number of nitrogens with one attached hydrogen (secondary N) is 1. The van der Waals surface area contributed by atoms with Gasteiger partial charge < -0.3 is 9.88 Å². The minimum atomic E-state index is 0.0381. The highest BCUT2D eigenvalue weighted by atomic mass is 15.1. The molecule has 1 N–H and O–H groups in total. The van der Waals surface area contributed by atoms with Crippen LogP contribution in [0.1, 0.15) is 31.4 Å². The quantitative estimate of drug-likeness (QED) is 0.872. The first kappa shape index (κ1) is 11.8. The van der Waals surface area contributed by atoms with Crippen LogP contribution < -0.4 is 5.32 Å². The Bertz CT molecular complexity index is 461. The van der Waals surface area contributed by atoms with E-state index in [4.69, 9.17) is 0 Å². The normalized spacial score (nSPS) is 12.9. The van der Waals surface area contributed by atoms with Crippen molar-refractivity contribution in [2.75, 3.05) is 0 Å². The van der Waals surface area contributed by atoms with E-state index in [-0.39, 0.29) is 6.04 Å². The number of hydrogen-bond donors (Lipinski definition) is 1. The zero-order chi connectivity index (χ0) is 12.3. The third kappa shape index (κ3) is 2.71. The van der Waals surface area contributed by atoms with E-state index in [0.717, 1.165) is 11.5 Å². The van der Waals surface area contributed by atoms with Crippen molar-refractivity contribution in [3.8, 4) is 0 Å². The van der Waals surface area contributed by atoms with E-state index >= 15 is 0 Å². The lowest BCUT2D eigenvalue weighted by atomic mass is 10.1. The summed E-state index contributed by atoms with van der Waals surface area (Å²) in [5, 5.41) is 3.49. The summed E-state index contributed by atoms with van der Waals surface area (Å²) in [6.45, 7) is 4.25. The first-order valence-corrected chi connectivity index (χ1v) is 5.82. The lowest BCUT2D eigenvalue weighted by Crippen LogP contribution is -2.31. The second-order valence-electron chi connectivity index (χ2n) is 4.41. The minimum absolute atomic E-state index is 0.0381. The number of aryl methyl sites for hydroxylation is 1. The van der Waals surface area contributed by atoms with Crippen LogP contribution in [0.3, 0.4) is 0 Å². The summed E-state index contributed by atoms with van der Waals surface area (Å²) in [6.07, 6.45) is 5.58. The fourth-order valence-electron chi connectivity index (χ4n) is 1.83. The molecule has 0 saturated heterocycles. The number of aromatic nitrogens is 3. The average Bonchev–Trinajstić information content (AvgIpc) is 2.73. The Morgan fingerprint density at radius 1 is 1.18 bits per heavy atom. The molecule has 2 heterocycles. The predicted octanol–water partition coefficient (Wildman–Crippen LogP) is 1.90. The van der Waals surface area contributed by atoms with Crippen molar-refractivity contribution in [1.82, 2.24) is 19.9 Å². The number of pyridine rings is 1. The van der Waals surface area contributed by atoms with Crippen LogP contribution in [0.25, 0.3) is 0 Å². The molecule has 1 unspecified atom stereocenters. The molecule has 0 aliphatic heterocycles. The molecule has 0 amide bonds. The standard InChI is InChI=1S/C13H18N4/c1-10(2)16-12(11-6-4-5-7-14-11)13-15-8-9-17(13)3/h4-10,12,16H,1-3H3. The van der Waals surface area contributed by atoms with E-state index in [0.29, 0.717) is 6.04 Å². The van der Waals surface area contributed by atoms with Gasteiger partial charge in [0.2, 0.25) is 0 Å². The molecule has 1 atom stereocenters. The third-order valence-corrected chi connectivity index (χ3v) is 2.60. The highest BCUT2D eigenvalue weighted by molar-refractivity contribution is 5.18. The van der Waals surface area contributed by atoms with Crippen molar-refractivity contribution < 1.29 is 0 Å². The van der Waals surface area contributed by atoms with Crippen LogP contribution in [0, 0.1) is 0 Å². The van der Waals surface area contributed by atoms with Crippen molar-refractivity contribution in [2.45, 2.75) is 25.9 Å². The molecule has 17 heavy (non-hydrogen) atoms. The molecule has 2 aromatic heterocycles. The molecule has 0 aliphatic carbocycles. The molecule has 90 valence electrons. The summed E-state index contributed by atoms with van der Waals surface area (Å²) >= 11 is 0. The molecule has 0 saturated carbocycles. The number of imidazole rings is 1. The summed E-state index contributed by atoms with van der Waals surface area (Å²) in [5.41, 5.74) is 0.996. The van der Waals surface area contributed by atoms with Gasteiger partial charge >= 0.3 is 0 Å². The van der Waals surface area contributed by atoms with Gasteiger partial charge in [0.15, 0.2) is 0 Å². The number of nitrogens with zero attached hydrogens (tertiary/aromatic N) is 3. The van der Waals surface area contributed by atoms with E-state index in [1.807, 2.05) is 48.4 Å². The van der Waals surface area contributed by atoms with Crippen LogP contribution in [0.15, 0.2) is 36.8 Å². The molecule has 2 rings (SSSR count). The van der Waals surface area contributed by atoms with Crippen LogP contribution in [0.4, 0.5) is 0 Å². The summed E-state index contributed by atoms with van der Waals surface area (Å²) in [7, 11) is 2.00. The molecular weight excluding hydrogens is 212 g/mol. The van der Waals surface area contributed by atoms with E-state index < -0.39 is 0 Å². The van der Waals surface area contributed by atoms with Crippen molar-refractivity contribution in [2.24, 2.45) is 7.05 Å². The number of rotatable bonds is 4. The monoisotopic (exact) mass is 230 g/mol. The zero-order valence-electron chi connectivity index (χ0n) is 10.5. The van der Waals surface area contributed by atoms with Gasteiger partial charge in [0.25, 0.3) is 0 Å². The molecule has 4 nitrogen and oxygen atoms in total. The van der Waals surface area contributed by atoms with Gasteiger partial charge in [0.05, 0.1) is 5.69 Å². The van der Waals surface area contributed by atoms with Crippen molar-refractivity contribution in [1.29, 1.82) is 0 Å². The highest BCUT2D eigenvalue weighted by Gasteiger charge is 2.19. The van der Waals surface area contributed by atoms with E-state index in [2.05, 4.69) is 29.1 Å². The largest absolute Gasteiger partial charge is 0.336 e. The van der Waals surface area contributed by atoms with Gasteiger partial charge in [0, 0.05) is 31.7 Å². The Kier molecular flexibility index (Phi) is 3.54. The first-order chi connectivity index (χ1) is 8.18. The number of hydrogen-bond acceptors (Lipinski definition) is 3. The fraction of sp³-hybridized carbons (Fsp3) is 0.385. The summed E-state index contributed by atoms with van der Waals surface area (Å²) < 4.78 is 2.02.